The Kier molecular flexibility index (Phi) is 7.09. The molecule has 0 aliphatic carbocycles. The first-order valence-corrected chi connectivity index (χ1v) is 7.17. The van der Waals surface area contributed by atoms with Crippen molar-refractivity contribution in [3.63, 3.8) is 0 Å². The fourth-order valence-electron chi connectivity index (χ4n) is 1.97. The van der Waals surface area contributed by atoms with Gasteiger partial charge in [0, 0.05) is 13.1 Å². The monoisotopic (exact) mass is 279 g/mol. The topological polar surface area (TPSA) is 49.8 Å². The van der Waals surface area contributed by atoms with Crippen LogP contribution >= 0.6 is 0 Å². The van der Waals surface area contributed by atoms with Gasteiger partial charge < -0.3 is 14.7 Å². The summed E-state index contributed by atoms with van der Waals surface area (Å²) in [6.45, 7) is 7.25. The Morgan fingerprint density at radius 3 is 2.55 bits per heavy atom. The number of nitrogens with zero attached hydrogens (tertiary/aromatic N) is 1. The average Bonchev–Trinajstić information content (AvgIpc) is 2.44. The molecule has 0 aromatic heterocycles. The van der Waals surface area contributed by atoms with Crippen molar-refractivity contribution in [2.24, 2.45) is 5.92 Å². The molecule has 1 rings (SSSR count). The van der Waals surface area contributed by atoms with Crippen LogP contribution in [0.2, 0.25) is 0 Å². The highest BCUT2D eigenvalue weighted by Gasteiger charge is 2.05. The molecule has 0 saturated heterocycles. The minimum atomic E-state index is -0.914. The largest absolute Gasteiger partial charge is 0.494 e. The number of ether oxygens (including phenoxy) is 1. The smallest absolute Gasteiger partial charge is 0.335 e. The Hall–Kier alpha value is -1.55. The Morgan fingerprint density at radius 1 is 1.35 bits per heavy atom. The van der Waals surface area contributed by atoms with Crippen molar-refractivity contribution in [1.82, 2.24) is 4.90 Å². The van der Waals surface area contributed by atoms with E-state index in [9.17, 15) is 4.79 Å². The quantitative estimate of drug-likeness (QED) is 0.706. The summed E-state index contributed by atoms with van der Waals surface area (Å²) in [5.41, 5.74) is 0.283. The van der Waals surface area contributed by atoms with Crippen molar-refractivity contribution in [3.8, 4) is 5.75 Å². The minimum absolute atomic E-state index is 0.283. The van der Waals surface area contributed by atoms with E-state index in [1.165, 1.54) is 6.42 Å². The van der Waals surface area contributed by atoms with E-state index in [1.54, 1.807) is 24.3 Å². The molecule has 0 aliphatic rings. The fraction of sp³-hybridized carbons (Fsp3) is 0.562. The van der Waals surface area contributed by atoms with Gasteiger partial charge in [-0.05, 0) is 43.7 Å². The van der Waals surface area contributed by atoms with E-state index in [4.69, 9.17) is 9.84 Å². The minimum Gasteiger partial charge on any atom is -0.494 e. The Bertz CT molecular complexity index is 403. The van der Waals surface area contributed by atoms with Gasteiger partial charge in [-0.25, -0.2) is 4.79 Å². The number of hydrogen-bond acceptors (Lipinski definition) is 3. The highest BCUT2D eigenvalue weighted by molar-refractivity contribution is 5.87. The van der Waals surface area contributed by atoms with E-state index in [1.807, 2.05) is 0 Å². The maximum Gasteiger partial charge on any atom is 0.335 e. The van der Waals surface area contributed by atoms with Gasteiger partial charge in [0.05, 0.1) is 12.2 Å². The van der Waals surface area contributed by atoms with Crippen LogP contribution in [0.1, 0.15) is 37.0 Å². The van der Waals surface area contributed by atoms with Crippen molar-refractivity contribution >= 4 is 5.97 Å². The lowest BCUT2D eigenvalue weighted by Gasteiger charge is -2.20. The van der Waals surface area contributed by atoms with E-state index in [-0.39, 0.29) is 5.56 Å². The van der Waals surface area contributed by atoms with Crippen LogP contribution in [-0.2, 0) is 0 Å². The van der Waals surface area contributed by atoms with Crippen molar-refractivity contribution in [2.45, 2.75) is 26.7 Å². The molecule has 1 unspecified atom stereocenters. The summed E-state index contributed by atoms with van der Waals surface area (Å²) in [5, 5.41) is 8.80. The molecular weight excluding hydrogens is 254 g/mol. The molecule has 4 heteroatoms. The summed E-state index contributed by atoms with van der Waals surface area (Å²) < 4.78 is 5.60. The molecular formula is C16H25NO3. The van der Waals surface area contributed by atoms with Gasteiger partial charge in [0.1, 0.15) is 5.75 Å². The van der Waals surface area contributed by atoms with Crippen LogP contribution in [-0.4, -0.2) is 42.7 Å². The Balaban J connectivity index is 2.22. The summed E-state index contributed by atoms with van der Waals surface area (Å²) in [6, 6.07) is 6.53. The van der Waals surface area contributed by atoms with Gasteiger partial charge in [-0.15, -0.1) is 0 Å². The number of carboxylic acids is 1. The second-order valence-corrected chi connectivity index (χ2v) is 5.31. The zero-order valence-corrected chi connectivity index (χ0v) is 12.6. The van der Waals surface area contributed by atoms with E-state index >= 15 is 0 Å². The lowest BCUT2D eigenvalue weighted by atomic mass is 10.1. The van der Waals surface area contributed by atoms with Crippen molar-refractivity contribution < 1.29 is 14.6 Å². The van der Waals surface area contributed by atoms with Gasteiger partial charge in [-0.3, -0.25) is 0 Å². The maximum absolute atomic E-state index is 10.7. The SMILES string of the molecule is CCC(C)CN(C)CCCOc1ccc(C(=O)O)cc1. The number of carbonyl (C=O) groups is 1. The van der Waals surface area contributed by atoms with Crippen LogP contribution in [0.4, 0.5) is 0 Å². The first-order valence-electron chi connectivity index (χ1n) is 7.17. The first kappa shape index (κ1) is 16.5. The zero-order chi connectivity index (χ0) is 15.0. The lowest BCUT2D eigenvalue weighted by molar-refractivity contribution is 0.0697. The van der Waals surface area contributed by atoms with Crippen LogP contribution in [0.25, 0.3) is 0 Å². The van der Waals surface area contributed by atoms with Crippen LogP contribution in [0.5, 0.6) is 5.75 Å². The number of carboxylic acid groups (broad SMARTS) is 1. The van der Waals surface area contributed by atoms with Crippen LogP contribution in [0.3, 0.4) is 0 Å². The molecule has 1 aromatic carbocycles. The summed E-state index contributed by atoms with van der Waals surface area (Å²) in [7, 11) is 2.13. The van der Waals surface area contributed by atoms with Crippen molar-refractivity contribution in [3.05, 3.63) is 29.8 Å². The number of aromatic carboxylic acids is 1. The average molecular weight is 279 g/mol. The van der Waals surface area contributed by atoms with Crippen LogP contribution in [0.15, 0.2) is 24.3 Å². The molecule has 20 heavy (non-hydrogen) atoms. The number of hydrogen-bond donors (Lipinski definition) is 1. The predicted octanol–water partition coefficient (Wildman–Crippen LogP) is 3.13. The van der Waals surface area contributed by atoms with Crippen molar-refractivity contribution in [2.75, 3.05) is 26.7 Å². The Labute approximate surface area is 121 Å². The van der Waals surface area contributed by atoms with Crippen LogP contribution < -0.4 is 4.74 Å². The summed E-state index contributed by atoms with van der Waals surface area (Å²) in [6.07, 6.45) is 2.17. The van der Waals surface area contributed by atoms with Gasteiger partial charge in [-0.1, -0.05) is 20.3 Å². The third-order valence-corrected chi connectivity index (χ3v) is 3.37. The van der Waals surface area contributed by atoms with E-state index in [2.05, 4.69) is 25.8 Å². The molecule has 0 bridgehead atoms. The molecule has 0 amide bonds. The molecule has 112 valence electrons. The van der Waals surface area contributed by atoms with E-state index in [0.717, 1.165) is 31.2 Å². The predicted molar refractivity (Wildman–Crippen MR) is 80.5 cm³/mol. The second kappa shape index (κ2) is 8.59. The van der Waals surface area contributed by atoms with Gasteiger partial charge in [0.2, 0.25) is 0 Å². The third kappa shape index (κ3) is 6.06. The standard InChI is InChI=1S/C16H25NO3/c1-4-13(2)12-17(3)10-5-11-20-15-8-6-14(7-9-15)16(18)19/h6-9,13H,4-5,10-12H2,1-3H3,(H,18,19). The van der Waals surface area contributed by atoms with Gasteiger partial charge in [-0.2, -0.15) is 0 Å². The summed E-state index contributed by atoms with van der Waals surface area (Å²) in [4.78, 5) is 13.0. The van der Waals surface area contributed by atoms with E-state index in [0.29, 0.717) is 6.61 Å². The lowest BCUT2D eigenvalue weighted by Crippen LogP contribution is -2.26. The molecule has 0 spiro atoms. The normalized spacial score (nSPS) is 12.4. The molecule has 0 saturated carbocycles. The fourth-order valence-corrected chi connectivity index (χ4v) is 1.97. The van der Waals surface area contributed by atoms with Gasteiger partial charge >= 0.3 is 5.97 Å². The Morgan fingerprint density at radius 2 is 2.00 bits per heavy atom. The highest BCUT2D eigenvalue weighted by Crippen LogP contribution is 2.12. The molecule has 0 fully saturated rings. The third-order valence-electron chi connectivity index (χ3n) is 3.37. The second-order valence-electron chi connectivity index (χ2n) is 5.31. The number of rotatable bonds is 9. The highest BCUT2D eigenvalue weighted by atomic mass is 16.5. The molecule has 0 aliphatic heterocycles. The summed E-state index contributed by atoms with van der Waals surface area (Å²) in [5.74, 6) is 0.535. The van der Waals surface area contributed by atoms with Crippen molar-refractivity contribution in [1.29, 1.82) is 0 Å². The zero-order valence-electron chi connectivity index (χ0n) is 12.6. The summed E-state index contributed by atoms with van der Waals surface area (Å²) >= 11 is 0. The number of benzene rings is 1. The molecule has 1 atom stereocenters. The maximum atomic E-state index is 10.7. The van der Waals surface area contributed by atoms with Gasteiger partial charge in [0.25, 0.3) is 0 Å². The van der Waals surface area contributed by atoms with Crippen LogP contribution in [0, 0.1) is 5.92 Å². The molecule has 4 nitrogen and oxygen atoms in total. The van der Waals surface area contributed by atoms with E-state index < -0.39 is 5.97 Å². The first-order chi connectivity index (χ1) is 9.52. The molecule has 1 aromatic rings. The molecule has 1 N–H and O–H groups in total. The van der Waals surface area contributed by atoms with Gasteiger partial charge in [0.15, 0.2) is 0 Å². The molecule has 0 radical (unpaired) electrons. The molecule has 0 heterocycles.